The smallest absolute Gasteiger partial charge is 0.316 e. The van der Waals surface area contributed by atoms with E-state index in [4.69, 9.17) is 0 Å². The number of esters is 1. The second-order valence-electron chi connectivity index (χ2n) is 2.22. The van der Waals surface area contributed by atoms with Gasteiger partial charge in [-0.2, -0.15) is 0 Å². The van der Waals surface area contributed by atoms with Crippen LogP contribution in [0.25, 0.3) is 0 Å². The van der Waals surface area contributed by atoms with Crippen molar-refractivity contribution in [3.63, 3.8) is 0 Å². The van der Waals surface area contributed by atoms with E-state index in [1.165, 1.54) is 0 Å². The lowest BCUT2D eigenvalue weighted by atomic mass is 10.4. The van der Waals surface area contributed by atoms with Crippen molar-refractivity contribution in [3.8, 4) is 0 Å². The SMILES string of the molecule is CCCC(=O)SCC(=O)OCC. The molecule has 0 aliphatic rings. The molecule has 0 atom stereocenters. The van der Waals surface area contributed by atoms with E-state index in [9.17, 15) is 9.59 Å². The van der Waals surface area contributed by atoms with Gasteiger partial charge >= 0.3 is 5.97 Å². The average Bonchev–Trinajstić information content (AvgIpc) is 2.02. The molecule has 0 aromatic heterocycles. The lowest BCUT2D eigenvalue weighted by Crippen LogP contribution is -2.08. The first-order valence-corrected chi connectivity index (χ1v) is 5.00. The summed E-state index contributed by atoms with van der Waals surface area (Å²) in [5.41, 5.74) is 0. The zero-order chi connectivity index (χ0) is 9.40. The van der Waals surface area contributed by atoms with Gasteiger partial charge in [-0.3, -0.25) is 9.59 Å². The molecule has 0 saturated heterocycles. The van der Waals surface area contributed by atoms with Crippen LogP contribution in [0.4, 0.5) is 0 Å². The molecule has 0 rings (SSSR count). The van der Waals surface area contributed by atoms with Crippen molar-refractivity contribution in [1.82, 2.24) is 0 Å². The number of carbonyl (C=O) groups is 2. The Bertz CT molecular complexity index is 138. The zero-order valence-corrected chi connectivity index (χ0v) is 8.28. The van der Waals surface area contributed by atoms with Crippen molar-refractivity contribution >= 4 is 22.8 Å². The monoisotopic (exact) mass is 190 g/mol. The molecule has 70 valence electrons. The second-order valence-corrected chi connectivity index (χ2v) is 3.25. The van der Waals surface area contributed by atoms with Gasteiger partial charge in [0.05, 0.1) is 12.4 Å². The van der Waals surface area contributed by atoms with Crippen LogP contribution in [-0.2, 0) is 14.3 Å². The largest absolute Gasteiger partial charge is 0.465 e. The molecule has 0 saturated carbocycles. The van der Waals surface area contributed by atoms with Crippen molar-refractivity contribution in [2.24, 2.45) is 0 Å². The number of hydrogen-bond acceptors (Lipinski definition) is 4. The van der Waals surface area contributed by atoms with Crippen molar-refractivity contribution in [3.05, 3.63) is 0 Å². The Kier molecular flexibility index (Phi) is 6.85. The average molecular weight is 190 g/mol. The molecule has 0 radical (unpaired) electrons. The van der Waals surface area contributed by atoms with Crippen molar-refractivity contribution in [1.29, 1.82) is 0 Å². The first kappa shape index (κ1) is 11.5. The molecule has 0 heterocycles. The Morgan fingerprint density at radius 2 is 2.00 bits per heavy atom. The van der Waals surface area contributed by atoms with Crippen LogP contribution in [0.15, 0.2) is 0 Å². The van der Waals surface area contributed by atoms with E-state index in [-0.39, 0.29) is 16.8 Å². The van der Waals surface area contributed by atoms with Crippen molar-refractivity contribution in [2.75, 3.05) is 12.4 Å². The Hall–Kier alpha value is -0.510. The van der Waals surface area contributed by atoms with Crippen LogP contribution in [0.3, 0.4) is 0 Å². The molecular formula is C8H14O3S. The molecule has 0 amide bonds. The Morgan fingerprint density at radius 3 is 2.50 bits per heavy atom. The highest BCUT2D eigenvalue weighted by Gasteiger charge is 2.06. The van der Waals surface area contributed by atoms with E-state index in [1.54, 1.807) is 6.92 Å². The van der Waals surface area contributed by atoms with Gasteiger partial charge in [0.2, 0.25) is 0 Å². The van der Waals surface area contributed by atoms with Gasteiger partial charge in [0.15, 0.2) is 5.12 Å². The highest BCUT2D eigenvalue weighted by atomic mass is 32.2. The van der Waals surface area contributed by atoms with Crippen LogP contribution in [0.5, 0.6) is 0 Å². The number of thioether (sulfide) groups is 1. The first-order chi connectivity index (χ1) is 5.70. The maximum Gasteiger partial charge on any atom is 0.316 e. The summed E-state index contributed by atoms with van der Waals surface area (Å²) in [6, 6.07) is 0. The number of hydrogen-bond donors (Lipinski definition) is 0. The van der Waals surface area contributed by atoms with Gasteiger partial charge in [-0.05, 0) is 13.3 Å². The molecule has 0 unspecified atom stereocenters. The van der Waals surface area contributed by atoms with Crippen LogP contribution in [0, 0.1) is 0 Å². The van der Waals surface area contributed by atoms with Gasteiger partial charge < -0.3 is 4.74 Å². The van der Waals surface area contributed by atoms with Gasteiger partial charge in [0.1, 0.15) is 0 Å². The minimum absolute atomic E-state index is 0.0607. The Balaban J connectivity index is 3.40. The van der Waals surface area contributed by atoms with E-state index in [0.717, 1.165) is 18.2 Å². The molecule has 0 aromatic carbocycles. The number of ether oxygens (including phenoxy) is 1. The fourth-order valence-electron chi connectivity index (χ4n) is 0.618. The third-order valence-electron chi connectivity index (χ3n) is 1.11. The van der Waals surface area contributed by atoms with E-state index in [0.29, 0.717) is 13.0 Å². The predicted molar refractivity (Wildman–Crippen MR) is 49.0 cm³/mol. The lowest BCUT2D eigenvalue weighted by Gasteiger charge is -1.99. The molecular weight excluding hydrogens is 176 g/mol. The summed E-state index contributed by atoms with van der Waals surface area (Å²) >= 11 is 1.04. The van der Waals surface area contributed by atoms with E-state index >= 15 is 0 Å². The summed E-state index contributed by atoms with van der Waals surface area (Å²) < 4.78 is 4.66. The molecule has 12 heavy (non-hydrogen) atoms. The maximum atomic E-state index is 10.9. The molecule has 4 heteroatoms. The number of carbonyl (C=O) groups excluding carboxylic acids is 2. The van der Waals surface area contributed by atoms with E-state index < -0.39 is 0 Å². The predicted octanol–water partition coefficient (Wildman–Crippen LogP) is 1.61. The molecule has 0 aromatic rings. The lowest BCUT2D eigenvalue weighted by molar-refractivity contribution is -0.140. The minimum Gasteiger partial charge on any atom is -0.465 e. The summed E-state index contributed by atoms with van der Waals surface area (Å²) in [7, 11) is 0. The Labute approximate surface area is 76.9 Å². The van der Waals surface area contributed by atoms with Crippen LogP contribution in [-0.4, -0.2) is 23.4 Å². The summed E-state index contributed by atoms with van der Waals surface area (Å²) in [6.07, 6.45) is 1.36. The van der Waals surface area contributed by atoms with Gasteiger partial charge in [-0.15, -0.1) is 0 Å². The molecule has 0 bridgehead atoms. The summed E-state index contributed by atoms with van der Waals surface area (Å²) in [5.74, 6) is -0.167. The fourth-order valence-corrected chi connectivity index (χ4v) is 1.33. The van der Waals surface area contributed by atoms with Gasteiger partial charge in [-0.1, -0.05) is 18.7 Å². The summed E-state index contributed by atoms with van der Waals surface area (Å²) in [5, 5.41) is 0.0607. The highest BCUT2D eigenvalue weighted by molar-refractivity contribution is 8.14. The quantitative estimate of drug-likeness (QED) is 0.618. The molecule has 0 aliphatic carbocycles. The molecule has 0 fully saturated rings. The normalized spacial score (nSPS) is 9.50. The fraction of sp³-hybridized carbons (Fsp3) is 0.750. The zero-order valence-electron chi connectivity index (χ0n) is 7.46. The molecule has 0 aliphatic heterocycles. The van der Waals surface area contributed by atoms with Crippen molar-refractivity contribution in [2.45, 2.75) is 26.7 Å². The molecule has 3 nitrogen and oxygen atoms in total. The highest BCUT2D eigenvalue weighted by Crippen LogP contribution is 2.07. The second kappa shape index (κ2) is 7.16. The Morgan fingerprint density at radius 1 is 1.33 bits per heavy atom. The van der Waals surface area contributed by atoms with Crippen LogP contribution < -0.4 is 0 Å². The van der Waals surface area contributed by atoms with Gasteiger partial charge in [-0.25, -0.2) is 0 Å². The molecule has 0 N–H and O–H groups in total. The minimum atomic E-state index is -0.313. The van der Waals surface area contributed by atoms with E-state index in [2.05, 4.69) is 4.74 Å². The van der Waals surface area contributed by atoms with E-state index in [1.807, 2.05) is 6.92 Å². The van der Waals surface area contributed by atoms with Crippen LogP contribution in [0.2, 0.25) is 0 Å². The van der Waals surface area contributed by atoms with Crippen molar-refractivity contribution < 1.29 is 14.3 Å². The first-order valence-electron chi connectivity index (χ1n) is 4.02. The third-order valence-corrected chi connectivity index (χ3v) is 2.02. The number of rotatable bonds is 5. The van der Waals surface area contributed by atoms with Crippen LogP contribution in [0.1, 0.15) is 26.7 Å². The maximum absolute atomic E-state index is 10.9. The summed E-state index contributed by atoms with van der Waals surface area (Å²) in [4.78, 5) is 21.7. The standard InChI is InChI=1S/C8H14O3S/c1-3-5-8(10)12-6-7(9)11-4-2/h3-6H2,1-2H3. The van der Waals surface area contributed by atoms with Crippen LogP contribution >= 0.6 is 11.8 Å². The molecule has 0 spiro atoms. The summed E-state index contributed by atoms with van der Waals surface area (Å²) in [6.45, 7) is 4.06. The van der Waals surface area contributed by atoms with Gasteiger partial charge in [0.25, 0.3) is 0 Å². The topological polar surface area (TPSA) is 43.4 Å². The third kappa shape index (κ3) is 6.22. The van der Waals surface area contributed by atoms with Gasteiger partial charge in [0, 0.05) is 6.42 Å².